The van der Waals surface area contributed by atoms with Gasteiger partial charge in [0.15, 0.2) is 0 Å². The second-order valence-corrected chi connectivity index (χ2v) is 8.32. The van der Waals surface area contributed by atoms with Crippen molar-refractivity contribution in [2.75, 3.05) is 39.8 Å². The molecule has 0 amide bonds. The van der Waals surface area contributed by atoms with Crippen LogP contribution < -0.4 is 0 Å². The first-order chi connectivity index (χ1) is 9.08. The number of rotatable bonds is 5. The SMILES string of the molecule is CN(CCOC(C)(C)C)CC1CCN(C(C)(C)C)CC1. The number of likely N-dealkylation sites (N-methyl/N-ethyl adjacent to an activating group) is 1. The highest BCUT2D eigenvalue weighted by Gasteiger charge is 2.27. The van der Waals surface area contributed by atoms with E-state index in [2.05, 4.69) is 58.4 Å². The predicted molar refractivity (Wildman–Crippen MR) is 87.3 cm³/mol. The summed E-state index contributed by atoms with van der Waals surface area (Å²) in [4.78, 5) is 5.05. The molecule has 3 heteroatoms. The Bertz CT molecular complexity index is 270. The lowest BCUT2D eigenvalue weighted by Gasteiger charge is -2.41. The van der Waals surface area contributed by atoms with E-state index < -0.39 is 0 Å². The Morgan fingerprint density at radius 2 is 1.60 bits per heavy atom. The van der Waals surface area contributed by atoms with Crippen molar-refractivity contribution in [1.82, 2.24) is 9.80 Å². The Hall–Kier alpha value is -0.120. The Balaban J connectivity index is 2.20. The fraction of sp³-hybridized carbons (Fsp3) is 1.00. The average Bonchev–Trinajstić information content (AvgIpc) is 2.26. The maximum atomic E-state index is 5.80. The van der Waals surface area contributed by atoms with Gasteiger partial charge < -0.3 is 9.64 Å². The van der Waals surface area contributed by atoms with E-state index in [1.807, 2.05) is 0 Å². The van der Waals surface area contributed by atoms with Gasteiger partial charge in [0.2, 0.25) is 0 Å². The Labute approximate surface area is 126 Å². The zero-order chi connectivity index (χ0) is 15.4. The van der Waals surface area contributed by atoms with E-state index in [0.717, 1.165) is 19.1 Å². The Kier molecular flexibility index (Phi) is 6.49. The highest BCUT2D eigenvalue weighted by Crippen LogP contribution is 2.24. The van der Waals surface area contributed by atoms with Gasteiger partial charge in [0.1, 0.15) is 0 Å². The van der Waals surface area contributed by atoms with E-state index >= 15 is 0 Å². The maximum absolute atomic E-state index is 5.80. The van der Waals surface area contributed by atoms with Gasteiger partial charge >= 0.3 is 0 Å². The molecular weight excluding hydrogens is 248 g/mol. The van der Waals surface area contributed by atoms with Crippen molar-refractivity contribution in [2.24, 2.45) is 5.92 Å². The summed E-state index contributed by atoms with van der Waals surface area (Å²) in [6, 6.07) is 0. The van der Waals surface area contributed by atoms with Gasteiger partial charge in [0, 0.05) is 18.6 Å². The smallest absolute Gasteiger partial charge is 0.0600 e. The molecule has 1 saturated heterocycles. The third kappa shape index (κ3) is 7.05. The van der Waals surface area contributed by atoms with Gasteiger partial charge in [0.25, 0.3) is 0 Å². The van der Waals surface area contributed by atoms with E-state index in [4.69, 9.17) is 4.74 Å². The molecule has 0 atom stereocenters. The van der Waals surface area contributed by atoms with E-state index in [9.17, 15) is 0 Å². The van der Waals surface area contributed by atoms with Gasteiger partial charge in [-0.1, -0.05) is 0 Å². The number of ether oxygens (including phenoxy) is 1. The molecule has 0 spiro atoms. The molecule has 1 fully saturated rings. The van der Waals surface area contributed by atoms with Crippen LogP contribution >= 0.6 is 0 Å². The first-order valence-electron chi connectivity index (χ1n) is 8.15. The molecule has 0 aliphatic carbocycles. The van der Waals surface area contributed by atoms with Crippen molar-refractivity contribution >= 4 is 0 Å². The molecule has 0 bridgehead atoms. The molecular formula is C17H36N2O. The van der Waals surface area contributed by atoms with Gasteiger partial charge in [-0.2, -0.15) is 0 Å². The Morgan fingerprint density at radius 1 is 1.05 bits per heavy atom. The van der Waals surface area contributed by atoms with E-state index in [-0.39, 0.29) is 5.60 Å². The zero-order valence-corrected chi connectivity index (χ0v) is 14.8. The first kappa shape index (κ1) is 17.9. The van der Waals surface area contributed by atoms with Crippen LogP contribution in [0.4, 0.5) is 0 Å². The van der Waals surface area contributed by atoms with Gasteiger partial charge in [-0.3, -0.25) is 4.90 Å². The van der Waals surface area contributed by atoms with Crippen LogP contribution in [0.15, 0.2) is 0 Å². The molecule has 0 saturated carbocycles. The van der Waals surface area contributed by atoms with Crippen molar-refractivity contribution in [1.29, 1.82) is 0 Å². The summed E-state index contributed by atoms with van der Waals surface area (Å²) < 4.78 is 5.80. The van der Waals surface area contributed by atoms with Gasteiger partial charge in [0.05, 0.1) is 12.2 Å². The van der Waals surface area contributed by atoms with Crippen LogP contribution in [0, 0.1) is 5.92 Å². The molecule has 0 N–H and O–H groups in total. The molecule has 1 heterocycles. The minimum Gasteiger partial charge on any atom is -0.375 e. The van der Waals surface area contributed by atoms with Crippen LogP contribution in [0.3, 0.4) is 0 Å². The van der Waals surface area contributed by atoms with E-state index in [1.54, 1.807) is 0 Å². The van der Waals surface area contributed by atoms with Crippen LogP contribution in [0.1, 0.15) is 54.4 Å². The molecule has 120 valence electrons. The average molecular weight is 284 g/mol. The van der Waals surface area contributed by atoms with E-state index in [0.29, 0.717) is 5.54 Å². The largest absolute Gasteiger partial charge is 0.375 e. The molecule has 0 aromatic heterocycles. The summed E-state index contributed by atoms with van der Waals surface area (Å²) in [5, 5.41) is 0. The van der Waals surface area contributed by atoms with Crippen molar-refractivity contribution in [2.45, 2.75) is 65.5 Å². The first-order valence-corrected chi connectivity index (χ1v) is 8.15. The number of piperidine rings is 1. The minimum absolute atomic E-state index is 0.0150. The zero-order valence-electron chi connectivity index (χ0n) is 14.8. The lowest BCUT2D eigenvalue weighted by atomic mass is 9.92. The summed E-state index contributed by atoms with van der Waals surface area (Å²) in [7, 11) is 2.22. The number of hydrogen-bond donors (Lipinski definition) is 0. The third-order valence-electron chi connectivity index (χ3n) is 4.14. The summed E-state index contributed by atoms with van der Waals surface area (Å²) in [5.74, 6) is 0.855. The second kappa shape index (κ2) is 7.24. The normalized spacial score (nSPS) is 19.8. The van der Waals surface area contributed by atoms with Crippen molar-refractivity contribution in [3.63, 3.8) is 0 Å². The topological polar surface area (TPSA) is 15.7 Å². The Morgan fingerprint density at radius 3 is 2.05 bits per heavy atom. The van der Waals surface area contributed by atoms with Gasteiger partial charge in [-0.05, 0) is 80.4 Å². The lowest BCUT2D eigenvalue weighted by molar-refractivity contribution is -0.0131. The van der Waals surface area contributed by atoms with Gasteiger partial charge in [-0.15, -0.1) is 0 Å². The van der Waals surface area contributed by atoms with Crippen molar-refractivity contribution in [3.05, 3.63) is 0 Å². The van der Waals surface area contributed by atoms with Crippen LogP contribution in [0.2, 0.25) is 0 Å². The fourth-order valence-corrected chi connectivity index (χ4v) is 2.83. The van der Waals surface area contributed by atoms with Crippen LogP contribution in [0.25, 0.3) is 0 Å². The molecule has 0 radical (unpaired) electrons. The van der Waals surface area contributed by atoms with Gasteiger partial charge in [-0.25, -0.2) is 0 Å². The highest BCUT2D eigenvalue weighted by atomic mass is 16.5. The summed E-state index contributed by atoms with van der Waals surface area (Å²) in [6.45, 7) is 18.9. The van der Waals surface area contributed by atoms with Crippen molar-refractivity contribution < 1.29 is 4.74 Å². The lowest BCUT2D eigenvalue weighted by Crippen LogP contribution is -2.47. The quantitative estimate of drug-likeness (QED) is 0.771. The van der Waals surface area contributed by atoms with Crippen LogP contribution in [0.5, 0.6) is 0 Å². The maximum Gasteiger partial charge on any atom is 0.0600 e. The summed E-state index contributed by atoms with van der Waals surface area (Å²) in [6.07, 6.45) is 2.67. The molecule has 1 aliphatic rings. The second-order valence-electron chi connectivity index (χ2n) is 8.32. The molecule has 3 nitrogen and oxygen atoms in total. The third-order valence-corrected chi connectivity index (χ3v) is 4.14. The predicted octanol–water partition coefficient (Wildman–Crippen LogP) is 3.24. The summed E-state index contributed by atoms with van der Waals surface area (Å²) in [5.41, 5.74) is 0.316. The standard InChI is InChI=1S/C17H36N2O/c1-16(2,3)19-10-8-15(9-11-19)14-18(7)12-13-20-17(4,5)6/h15H,8-14H2,1-7H3. The molecule has 1 rings (SSSR count). The molecule has 1 aliphatic heterocycles. The molecule has 0 unspecified atom stereocenters. The number of hydrogen-bond acceptors (Lipinski definition) is 3. The summed E-state index contributed by atoms with van der Waals surface area (Å²) >= 11 is 0. The minimum atomic E-state index is -0.0150. The van der Waals surface area contributed by atoms with Crippen LogP contribution in [-0.2, 0) is 4.74 Å². The van der Waals surface area contributed by atoms with Crippen LogP contribution in [-0.4, -0.2) is 60.8 Å². The molecule has 0 aromatic rings. The number of likely N-dealkylation sites (tertiary alicyclic amines) is 1. The number of nitrogens with zero attached hydrogens (tertiary/aromatic N) is 2. The van der Waals surface area contributed by atoms with Crippen molar-refractivity contribution in [3.8, 4) is 0 Å². The molecule has 20 heavy (non-hydrogen) atoms. The fourth-order valence-electron chi connectivity index (χ4n) is 2.83. The monoisotopic (exact) mass is 284 g/mol. The highest BCUT2D eigenvalue weighted by molar-refractivity contribution is 4.82. The molecule has 0 aromatic carbocycles. The van der Waals surface area contributed by atoms with E-state index in [1.165, 1.54) is 32.5 Å².